The second-order valence-electron chi connectivity index (χ2n) is 8.76. The minimum Gasteiger partial charge on any atom is -0.492 e. The van der Waals surface area contributed by atoms with Crippen LogP contribution in [0.4, 0.5) is 0 Å². The summed E-state index contributed by atoms with van der Waals surface area (Å²) in [5, 5.41) is 3.90. The summed E-state index contributed by atoms with van der Waals surface area (Å²) in [6.45, 7) is 4.63. The van der Waals surface area contributed by atoms with Gasteiger partial charge in [0.1, 0.15) is 5.75 Å². The number of pyridine rings is 1. The maximum absolute atomic E-state index is 12.7. The maximum Gasteiger partial charge on any atom is 0.251 e. The van der Waals surface area contributed by atoms with Gasteiger partial charge in [0.05, 0.1) is 11.6 Å². The van der Waals surface area contributed by atoms with E-state index < -0.39 is 0 Å². The number of nitrogens with one attached hydrogen (secondary N) is 2. The number of aromatic nitrogens is 1. The highest BCUT2D eigenvalue weighted by atomic mass is 35.5. The molecule has 2 saturated carbocycles. The summed E-state index contributed by atoms with van der Waals surface area (Å²) in [5.74, 6) is 1.69. The Morgan fingerprint density at radius 1 is 1.19 bits per heavy atom. The van der Waals surface area contributed by atoms with Crippen molar-refractivity contribution in [1.29, 1.82) is 0 Å². The molecule has 2 N–H and O–H groups in total. The van der Waals surface area contributed by atoms with Gasteiger partial charge in [-0.15, -0.1) is 0 Å². The fraction of sp³-hybridized carbons (Fsp3) is 0.500. The molecule has 0 amide bonds. The molecule has 0 atom stereocenters. The normalized spacial score (nSPS) is 17.3. The number of benzene rings is 1. The van der Waals surface area contributed by atoms with Crippen LogP contribution >= 0.6 is 11.6 Å². The van der Waals surface area contributed by atoms with Gasteiger partial charge in [0.25, 0.3) is 5.56 Å². The topological polar surface area (TPSA) is 54.1 Å². The van der Waals surface area contributed by atoms with Crippen molar-refractivity contribution in [3.8, 4) is 5.75 Å². The molecule has 2 fully saturated rings. The molecule has 166 valence electrons. The Morgan fingerprint density at radius 2 is 2.00 bits per heavy atom. The molecule has 1 aromatic carbocycles. The van der Waals surface area contributed by atoms with Crippen LogP contribution in [0.1, 0.15) is 74.6 Å². The molecule has 0 aliphatic heterocycles. The summed E-state index contributed by atoms with van der Waals surface area (Å²) in [6, 6.07) is 10.0. The molecule has 2 aromatic rings. The quantitative estimate of drug-likeness (QED) is 0.452. The van der Waals surface area contributed by atoms with Gasteiger partial charge in [0.2, 0.25) is 0 Å². The molecule has 2 aliphatic carbocycles. The van der Waals surface area contributed by atoms with E-state index in [1.807, 2.05) is 18.2 Å². The first-order valence-corrected chi connectivity index (χ1v) is 12.1. The van der Waals surface area contributed by atoms with Gasteiger partial charge in [0.15, 0.2) is 0 Å². The fourth-order valence-corrected chi connectivity index (χ4v) is 4.64. The molecule has 0 spiro atoms. The summed E-state index contributed by atoms with van der Waals surface area (Å²) in [7, 11) is 0. The molecule has 0 unspecified atom stereocenters. The van der Waals surface area contributed by atoms with Crippen molar-refractivity contribution in [1.82, 2.24) is 10.3 Å². The van der Waals surface area contributed by atoms with Gasteiger partial charge in [-0.3, -0.25) is 4.79 Å². The average Bonchev–Trinajstić information content (AvgIpc) is 3.47. The minimum absolute atomic E-state index is 0.0454. The zero-order chi connectivity index (χ0) is 21.6. The van der Waals surface area contributed by atoms with Crippen LogP contribution in [0.3, 0.4) is 0 Å². The largest absolute Gasteiger partial charge is 0.492 e. The Hall–Kier alpha value is -2.04. The smallest absolute Gasteiger partial charge is 0.251 e. The zero-order valence-corrected chi connectivity index (χ0v) is 19.1. The third kappa shape index (κ3) is 5.81. The van der Waals surface area contributed by atoms with Gasteiger partial charge in [-0.2, -0.15) is 0 Å². The molecule has 0 bridgehead atoms. The molecule has 5 heteroatoms. The third-order valence-corrected chi connectivity index (χ3v) is 6.59. The van der Waals surface area contributed by atoms with Crippen molar-refractivity contribution >= 4 is 17.2 Å². The summed E-state index contributed by atoms with van der Waals surface area (Å²) in [4.78, 5) is 15.8. The van der Waals surface area contributed by atoms with E-state index in [0.29, 0.717) is 29.2 Å². The molecule has 0 radical (unpaired) electrons. The van der Waals surface area contributed by atoms with Crippen LogP contribution in [-0.4, -0.2) is 24.7 Å². The number of H-pyrrole nitrogens is 1. The lowest BCUT2D eigenvalue weighted by molar-refractivity contribution is 0.309. The van der Waals surface area contributed by atoms with Crippen molar-refractivity contribution in [2.75, 3.05) is 19.7 Å². The predicted molar refractivity (Wildman–Crippen MR) is 128 cm³/mol. The van der Waals surface area contributed by atoms with Crippen LogP contribution in [0, 0.1) is 5.92 Å². The molecule has 0 saturated heterocycles. The second kappa shape index (κ2) is 10.5. The molecule has 4 nitrogen and oxygen atoms in total. The highest BCUT2D eigenvalue weighted by Crippen LogP contribution is 2.39. The summed E-state index contributed by atoms with van der Waals surface area (Å²) >= 11 is 6.58. The van der Waals surface area contributed by atoms with Gasteiger partial charge in [-0.05, 0) is 80.8 Å². The van der Waals surface area contributed by atoms with E-state index in [2.05, 4.69) is 35.4 Å². The van der Waals surface area contributed by atoms with E-state index in [9.17, 15) is 4.79 Å². The number of rotatable bonds is 10. The van der Waals surface area contributed by atoms with Crippen molar-refractivity contribution in [3.05, 3.63) is 68.6 Å². The molecule has 1 aromatic heterocycles. The SMILES string of the molecule is CCNCCCOc1ccc(/C(=C/C2CCCC2)c2ccc(C3CC3)c(=O)[nH]2)cc1Cl. The van der Waals surface area contributed by atoms with Gasteiger partial charge < -0.3 is 15.0 Å². The lowest BCUT2D eigenvalue weighted by Gasteiger charge is -2.14. The van der Waals surface area contributed by atoms with E-state index in [4.69, 9.17) is 16.3 Å². The Balaban J connectivity index is 1.57. The van der Waals surface area contributed by atoms with E-state index in [1.54, 1.807) is 0 Å². The number of ether oxygens (including phenoxy) is 1. The van der Waals surface area contributed by atoms with E-state index in [0.717, 1.165) is 54.7 Å². The lowest BCUT2D eigenvalue weighted by atomic mass is 9.95. The highest BCUT2D eigenvalue weighted by Gasteiger charge is 2.26. The van der Waals surface area contributed by atoms with E-state index in [1.165, 1.54) is 25.7 Å². The van der Waals surface area contributed by atoms with Crippen LogP contribution < -0.4 is 15.6 Å². The number of hydrogen-bond acceptors (Lipinski definition) is 3. The number of halogens is 1. The molecular formula is C26H33ClN2O2. The van der Waals surface area contributed by atoms with Crippen LogP contribution in [-0.2, 0) is 0 Å². The summed E-state index contributed by atoms with van der Waals surface area (Å²) in [6.07, 6.45) is 10.5. The van der Waals surface area contributed by atoms with Crippen molar-refractivity contribution in [3.63, 3.8) is 0 Å². The molecule has 2 aliphatic rings. The summed E-state index contributed by atoms with van der Waals surface area (Å²) in [5.41, 5.74) is 3.92. The first-order valence-electron chi connectivity index (χ1n) is 11.7. The van der Waals surface area contributed by atoms with Gasteiger partial charge in [-0.25, -0.2) is 0 Å². The monoisotopic (exact) mass is 440 g/mol. The zero-order valence-electron chi connectivity index (χ0n) is 18.4. The molecular weight excluding hydrogens is 408 g/mol. The Morgan fingerprint density at radius 3 is 2.68 bits per heavy atom. The van der Waals surface area contributed by atoms with Crippen LogP contribution in [0.5, 0.6) is 5.75 Å². The number of allylic oxidation sites excluding steroid dienone is 1. The molecule has 4 rings (SSSR count). The van der Waals surface area contributed by atoms with E-state index >= 15 is 0 Å². The van der Waals surface area contributed by atoms with Crippen molar-refractivity contribution in [2.45, 2.75) is 57.8 Å². The van der Waals surface area contributed by atoms with Crippen molar-refractivity contribution < 1.29 is 4.74 Å². The highest BCUT2D eigenvalue weighted by molar-refractivity contribution is 6.32. The van der Waals surface area contributed by atoms with Gasteiger partial charge in [0, 0.05) is 16.8 Å². The first kappa shape index (κ1) is 22.2. The third-order valence-electron chi connectivity index (χ3n) is 6.30. The first-order chi connectivity index (χ1) is 15.2. The summed E-state index contributed by atoms with van der Waals surface area (Å²) < 4.78 is 5.88. The maximum atomic E-state index is 12.7. The molecule has 31 heavy (non-hydrogen) atoms. The number of hydrogen-bond donors (Lipinski definition) is 2. The fourth-order valence-electron chi connectivity index (χ4n) is 4.40. The van der Waals surface area contributed by atoms with Crippen LogP contribution in [0.15, 0.2) is 41.2 Å². The standard InChI is InChI=1S/C26H33ClN2O2/c1-2-28-14-5-15-31-25-13-10-20(17-23(25)27)22(16-18-6-3-4-7-18)24-12-11-21(19-8-9-19)26(30)29-24/h10-13,16-19,28H,2-9,14-15H2,1H3,(H,29,30)/b22-16-. The Labute approximate surface area is 190 Å². The van der Waals surface area contributed by atoms with Crippen molar-refractivity contribution in [2.24, 2.45) is 5.92 Å². The predicted octanol–water partition coefficient (Wildman–Crippen LogP) is 5.91. The lowest BCUT2D eigenvalue weighted by Crippen LogP contribution is -2.16. The number of aromatic amines is 1. The van der Waals surface area contributed by atoms with Crippen LogP contribution in [0.2, 0.25) is 5.02 Å². The average molecular weight is 441 g/mol. The second-order valence-corrected chi connectivity index (χ2v) is 9.16. The van der Waals surface area contributed by atoms with E-state index in [-0.39, 0.29) is 5.56 Å². The van der Waals surface area contributed by atoms with Gasteiger partial charge in [-0.1, -0.05) is 49.6 Å². The van der Waals surface area contributed by atoms with Crippen LogP contribution in [0.25, 0.3) is 5.57 Å². The molecule has 1 heterocycles. The minimum atomic E-state index is 0.0454. The Kier molecular flexibility index (Phi) is 7.52. The van der Waals surface area contributed by atoms with Gasteiger partial charge >= 0.3 is 0 Å². The Bertz CT molecular complexity index is 972.